The van der Waals surface area contributed by atoms with Gasteiger partial charge in [-0.1, -0.05) is 29.4 Å². The molecule has 3 rings (SSSR count). The number of nitrogens with one attached hydrogen (secondary N) is 2. The first-order valence-corrected chi connectivity index (χ1v) is 8.32. The number of rotatable bonds is 4. The Labute approximate surface area is 147 Å². The van der Waals surface area contributed by atoms with E-state index in [2.05, 4.69) is 33.1 Å². The van der Waals surface area contributed by atoms with Gasteiger partial charge < -0.3 is 24.8 Å². The molecule has 128 valence electrons. The van der Waals surface area contributed by atoms with Crippen molar-refractivity contribution in [2.45, 2.75) is 19.4 Å². The van der Waals surface area contributed by atoms with Gasteiger partial charge in [-0.2, -0.15) is 0 Å². The average Bonchev–Trinajstić information content (AvgIpc) is 2.98. The van der Waals surface area contributed by atoms with Gasteiger partial charge in [-0.3, -0.25) is 4.79 Å². The summed E-state index contributed by atoms with van der Waals surface area (Å²) in [5, 5.41) is 5.31. The molecule has 0 spiro atoms. The Hall–Kier alpha value is -2.22. The molecule has 8 heteroatoms. The molecule has 7 nitrogen and oxygen atoms in total. The highest BCUT2D eigenvalue weighted by Gasteiger charge is 2.40. The molecule has 0 aliphatic carbocycles. The fourth-order valence-electron chi connectivity index (χ4n) is 2.68. The standard InChI is InChI=1S/C16H17BrN2O5/c1-3-4-22-15(20)13-8(2)18-16(21)19-14(13)9-5-11-12(6-10(9)17)24-7-23-11/h5-6,13-14H,2-4,7H2,1H3,(H2,18,19,21)/t13-,14+/m1/s1. The molecule has 0 unspecified atom stereocenters. The Morgan fingerprint density at radius 1 is 1.42 bits per heavy atom. The lowest BCUT2D eigenvalue weighted by atomic mass is 9.89. The lowest BCUT2D eigenvalue weighted by Gasteiger charge is -2.33. The van der Waals surface area contributed by atoms with Crippen LogP contribution in [0.15, 0.2) is 28.9 Å². The molecule has 2 aliphatic rings. The first kappa shape index (κ1) is 16.6. The van der Waals surface area contributed by atoms with Gasteiger partial charge in [-0.15, -0.1) is 0 Å². The number of carbonyl (C=O) groups is 2. The summed E-state index contributed by atoms with van der Waals surface area (Å²) < 4.78 is 16.7. The molecular weight excluding hydrogens is 380 g/mol. The van der Waals surface area contributed by atoms with E-state index < -0.39 is 24.0 Å². The fraction of sp³-hybridized carbons (Fsp3) is 0.375. The molecule has 0 aromatic heterocycles. The minimum atomic E-state index is -0.745. The molecule has 2 atom stereocenters. The van der Waals surface area contributed by atoms with E-state index >= 15 is 0 Å². The van der Waals surface area contributed by atoms with Crippen molar-refractivity contribution in [2.24, 2.45) is 5.92 Å². The smallest absolute Gasteiger partial charge is 0.319 e. The number of esters is 1. The van der Waals surface area contributed by atoms with Crippen LogP contribution in [0.5, 0.6) is 11.5 Å². The van der Waals surface area contributed by atoms with Gasteiger partial charge >= 0.3 is 12.0 Å². The van der Waals surface area contributed by atoms with E-state index in [1.54, 1.807) is 12.1 Å². The number of amides is 2. The Morgan fingerprint density at radius 2 is 2.12 bits per heavy atom. The molecule has 0 saturated carbocycles. The van der Waals surface area contributed by atoms with E-state index in [0.717, 1.165) is 0 Å². The van der Waals surface area contributed by atoms with Crippen LogP contribution in [0.4, 0.5) is 4.79 Å². The van der Waals surface area contributed by atoms with Crippen molar-refractivity contribution in [2.75, 3.05) is 13.4 Å². The molecule has 1 aromatic carbocycles. The van der Waals surface area contributed by atoms with Crippen molar-refractivity contribution < 1.29 is 23.8 Å². The minimum absolute atomic E-state index is 0.137. The van der Waals surface area contributed by atoms with Gasteiger partial charge in [0.15, 0.2) is 11.5 Å². The second kappa shape index (κ2) is 6.72. The summed E-state index contributed by atoms with van der Waals surface area (Å²) in [5.41, 5.74) is 0.989. The van der Waals surface area contributed by atoms with Crippen LogP contribution in [0.3, 0.4) is 0 Å². The number of ether oxygens (including phenoxy) is 3. The third-order valence-electron chi connectivity index (χ3n) is 3.80. The maximum absolute atomic E-state index is 12.5. The van der Waals surface area contributed by atoms with E-state index in [4.69, 9.17) is 14.2 Å². The van der Waals surface area contributed by atoms with Crippen LogP contribution in [-0.2, 0) is 9.53 Å². The second-order valence-corrected chi connectivity index (χ2v) is 6.33. The van der Waals surface area contributed by atoms with Crippen LogP contribution in [0, 0.1) is 5.92 Å². The number of carbonyl (C=O) groups excluding carboxylic acids is 2. The van der Waals surface area contributed by atoms with Crippen molar-refractivity contribution in [3.8, 4) is 11.5 Å². The van der Waals surface area contributed by atoms with Crippen LogP contribution in [0.25, 0.3) is 0 Å². The van der Waals surface area contributed by atoms with Crippen LogP contribution in [0.2, 0.25) is 0 Å². The maximum atomic E-state index is 12.5. The Balaban J connectivity index is 1.97. The molecule has 1 fully saturated rings. The predicted octanol–water partition coefficient (Wildman–Crippen LogP) is 2.61. The predicted molar refractivity (Wildman–Crippen MR) is 88.6 cm³/mol. The van der Waals surface area contributed by atoms with E-state index in [-0.39, 0.29) is 6.79 Å². The van der Waals surface area contributed by atoms with Gasteiger partial charge in [0.1, 0.15) is 5.92 Å². The van der Waals surface area contributed by atoms with Crippen LogP contribution in [-0.4, -0.2) is 25.4 Å². The molecule has 1 aromatic rings. The molecule has 2 N–H and O–H groups in total. The van der Waals surface area contributed by atoms with Gasteiger partial charge in [0.05, 0.1) is 12.6 Å². The van der Waals surface area contributed by atoms with Crippen LogP contribution >= 0.6 is 15.9 Å². The molecule has 1 saturated heterocycles. The first-order valence-electron chi connectivity index (χ1n) is 7.53. The third kappa shape index (κ3) is 3.06. The lowest BCUT2D eigenvalue weighted by molar-refractivity contribution is -0.148. The number of hydrogen-bond acceptors (Lipinski definition) is 5. The van der Waals surface area contributed by atoms with E-state index in [9.17, 15) is 9.59 Å². The van der Waals surface area contributed by atoms with Crippen molar-refractivity contribution in [3.63, 3.8) is 0 Å². The van der Waals surface area contributed by atoms with Crippen molar-refractivity contribution in [1.29, 1.82) is 0 Å². The van der Waals surface area contributed by atoms with Gasteiger partial charge in [-0.25, -0.2) is 4.79 Å². The zero-order valence-electron chi connectivity index (χ0n) is 13.1. The summed E-state index contributed by atoms with van der Waals surface area (Å²) in [7, 11) is 0. The highest BCUT2D eigenvalue weighted by molar-refractivity contribution is 9.10. The van der Waals surface area contributed by atoms with Crippen molar-refractivity contribution >= 4 is 27.9 Å². The lowest BCUT2D eigenvalue weighted by Crippen LogP contribution is -2.51. The van der Waals surface area contributed by atoms with Crippen LogP contribution < -0.4 is 20.1 Å². The zero-order valence-corrected chi connectivity index (χ0v) is 14.6. The summed E-state index contributed by atoms with van der Waals surface area (Å²) in [6, 6.07) is 2.45. The monoisotopic (exact) mass is 396 g/mol. The highest BCUT2D eigenvalue weighted by Crippen LogP contribution is 2.42. The molecular formula is C16H17BrN2O5. The van der Waals surface area contributed by atoms with E-state index in [0.29, 0.717) is 40.3 Å². The normalized spacial score (nSPS) is 21.9. The van der Waals surface area contributed by atoms with Gasteiger partial charge in [-0.05, 0) is 24.1 Å². The topological polar surface area (TPSA) is 85.9 Å². The molecule has 2 amide bonds. The number of urea groups is 1. The summed E-state index contributed by atoms with van der Waals surface area (Å²) in [6.07, 6.45) is 0.711. The summed E-state index contributed by atoms with van der Waals surface area (Å²) >= 11 is 3.47. The van der Waals surface area contributed by atoms with E-state index in [1.165, 1.54) is 0 Å². The maximum Gasteiger partial charge on any atom is 0.319 e. The highest BCUT2D eigenvalue weighted by atomic mass is 79.9. The number of hydrogen-bond donors (Lipinski definition) is 2. The van der Waals surface area contributed by atoms with Crippen molar-refractivity contribution in [3.05, 3.63) is 34.4 Å². The number of halogens is 1. The molecule has 2 aliphatic heterocycles. The Morgan fingerprint density at radius 3 is 2.83 bits per heavy atom. The molecule has 24 heavy (non-hydrogen) atoms. The Kier molecular flexibility index (Phi) is 4.66. The number of fused-ring (bicyclic) bond motifs is 1. The first-order chi connectivity index (χ1) is 11.5. The van der Waals surface area contributed by atoms with Gasteiger partial charge in [0.25, 0.3) is 0 Å². The molecule has 0 bridgehead atoms. The minimum Gasteiger partial charge on any atom is -0.465 e. The quantitative estimate of drug-likeness (QED) is 0.763. The number of benzene rings is 1. The molecule has 0 radical (unpaired) electrons. The summed E-state index contributed by atoms with van der Waals surface area (Å²) in [6.45, 7) is 6.17. The fourth-order valence-corrected chi connectivity index (χ4v) is 3.25. The van der Waals surface area contributed by atoms with E-state index in [1.807, 2.05) is 6.92 Å². The zero-order chi connectivity index (χ0) is 17.3. The average molecular weight is 397 g/mol. The third-order valence-corrected chi connectivity index (χ3v) is 4.49. The van der Waals surface area contributed by atoms with Crippen molar-refractivity contribution in [1.82, 2.24) is 10.6 Å². The SMILES string of the molecule is C=C1NC(=O)N[C@@H](c2cc3c(cc2Br)OCO3)[C@@H]1C(=O)OCCC. The van der Waals surface area contributed by atoms with Gasteiger partial charge in [0, 0.05) is 10.2 Å². The largest absolute Gasteiger partial charge is 0.465 e. The summed E-state index contributed by atoms with van der Waals surface area (Å²) in [4.78, 5) is 24.3. The molecule has 2 heterocycles. The second-order valence-electron chi connectivity index (χ2n) is 5.47. The van der Waals surface area contributed by atoms with Gasteiger partial charge in [0.2, 0.25) is 6.79 Å². The van der Waals surface area contributed by atoms with Crippen LogP contribution in [0.1, 0.15) is 24.9 Å². The Bertz CT molecular complexity index is 706. The summed E-state index contributed by atoms with van der Waals surface area (Å²) in [5.74, 6) is -0.0167.